The molecular weight excluding hydrogens is 326 g/mol. The SMILES string of the molecule is CCCCCCC/C=C/C=C/C(=O)NCCc1ccc2c(c1)OCCO2. The summed E-state index contributed by atoms with van der Waals surface area (Å²) in [4.78, 5) is 11.8. The monoisotopic (exact) mass is 357 g/mol. The third-order valence-corrected chi connectivity index (χ3v) is 4.29. The number of benzene rings is 1. The molecule has 1 aromatic rings. The van der Waals surface area contributed by atoms with Gasteiger partial charge in [0.1, 0.15) is 13.2 Å². The molecule has 0 radical (unpaired) electrons. The first-order chi connectivity index (χ1) is 12.8. The third-order valence-electron chi connectivity index (χ3n) is 4.29. The van der Waals surface area contributed by atoms with Gasteiger partial charge < -0.3 is 14.8 Å². The van der Waals surface area contributed by atoms with Gasteiger partial charge in [-0.3, -0.25) is 4.79 Å². The highest BCUT2D eigenvalue weighted by Gasteiger charge is 2.11. The molecule has 1 aliphatic rings. The van der Waals surface area contributed by atoms with Crippen LogP contribution in [0.2, 0.25) is 0 Å². The van der Waals surface area contributed by atoms with Crippen LogP contribution >= 0.6 is 0 Å². The number of unbranched alkanes of at least 4 members (excludes halogenated alkanes) is 5. The Morgan fingerprint density at radius 3 is 2.73 bits per heavy atom. The van der Waals surface area contributed by atoms with Gasteiger partial charge in [-0.05, 0) is 37.0 Å². The van der Waals surface area contributed by atoms with Crippen LogP contribution in [0.15, 0.2) is 42.5 Å². The van der Waals surface area contributed by atoms with Crippen LogP contribution in [0.1, 0.15) is 51.0 Å². The molecule has 2 rings (SSSR count). The average Bonchev–Trinajstić information content (AvgIpc) is 2.66. The second-order valence-corrected chi connectivity index (χ2v) is 6.51. The number of hydrogen-bond donors (Lipinski definition) is 1. The summed E-state index contributed by atoms with van der Waals surface area (Å²) in [5, 5.41) is 2.90. The first kappa shape index (κ1) is 20.1. The number of fused-ring (bicyclic) bond motifs is 1. The fourth-order valence-corrected chi connectivity index (χ4v) is 2.82. The first-order valence-corrected chi connectivity index (χ1v) is 9.79. The van der Waals surface area contributed by atoms with Crippen molar-refractivity contribution in [2.24, 2.45) is 0 Å². The Balaban J connectivity index is 1.58. The Morgan fingerprint density at radius 1 is 1.08 bits per heavy atom. The lowest BCUT2D eigenvalue weighted by atomic mass is 10.1. The lowest BCUT2D eigenvalue weighted by Crippen LogP contribution is -2.23. The lowest BCUT2D eigenvalue weighted by molar-refractivity contribution is -0.116. The molecule has 26 heavy (non-hydrogen) atoms. The standard InChI is InChI=1S/C22H31NO3/c1-2-3-4-5-6-7-8-9-10-11-22(24)23-15-14-19-12-13-20-21(18-19)26-17-16-25-20/h8-13,18H,2-7,14-17H2,1H3,(H,23,24)/b9-8+,11-10+. The van der Waals surface area contributed by atoms with Crippen molar-refractivity contribution >= 4 is 5.91 Å². The van der Waals surface area contributed by atoms with Crippen molar-refractivity contribution in [3.8, 4) is 11.5 Å². The Morgan fingerprint density at radius 2 is 1.88 bits per heavy atom. The van der Waals surface area contributed by atoms with Crippen LogP contribution in [0.25, 0.3) is 0 Å². The van der Waals surface area contributed by atoms with Crippen molar-refractivity contribution in [3.05, 3.63) is 48.1 Å². The minimum absolute atomic E-state index is 0.0601. The molecule has 1 N–H and O–H groups in total. The number of carbonyl (C=O) groups is 1. The normalized spacial score (nSPS) is 13.4. The number of rotatable bonds is 11. The molecule has 0 saturated heterocycles. The number of hydrogen-bond acceptors (Lipinski definition) is 3. The van der Waals surface area contributed by atoms with E-state index in [0.717, 1.165) is 29.9 Å². The highest BCUT2D eigenvalue weighted by atomic mass is 16.6. The molecule has 1 heterocycles. The van der Waals surface area contributed by atoms with Crippen molar-refractivity contribution in [1.82, 2.24) is 5.32 Å². The van der Waals surface area contributed by atoms with E-state index in [0.29, 0.717) is 19.8 Å². The highest BCUT2D eigenvalue weighted by molar-refractivity contribution is 5.87. The number of allylic oxidation sites excluding steroid dienone is 3. The van der Waals surface area contributed by atoms with E-state index in [1.54, 1.807) is 6.08 Å². The van der Waals surface area contributed by atoms with Gasteiger partial charge in [0.05, 0.1) is 0 Å². The predicted octanol–water partition coefficient (Wildman–Crippen LogP) is 4.59. The zero-order chi connectivity index (χ0) is 18.5. The summed E-state index contributed by atoms with van der Waals surface area (Å²) in [6, 6.07) is 5.93. The van der Waals surface area contributed by atoms with Crippen molar-refractivity contribution in [1.29, 1.82) is 0 Å². The minimum Gasteiger partial charge on any atom is -0.486 e. The number of carbonyl (C=O) groups excluding carboxylic acids is 1. The number of ether oxygens (including phenoxy) is 2. The van der Waals surface area contributed by atoms with Gasteiger partial charge in [0.15, 0.2) is 11.5 Å². The molecule has 1 aliphatic heterocycles. The van der Waals surface area contributed by atoms with Gasteiger partial charge in [0, 0.05) is 12.6 Å². The van der Waals surface area contributed by atoms with Gasteiger partial charge >= 0.3 is 0 Å². The molecule has 0 fully saturated rings. The Hall–Kier alpha value is -2.23. The molecule has 0 unspecified atom stereocenters. The summed E-state index contributed by atoms with van der Waals surface area (Å²) in [5.41, 5.74) is 1.13. The van der Waals surface area contributed by atoms with Crippen LogP contribution in [0.3, 0.4) is 0 Å². The summed E-state index contributed by atoms with van der Waals surface area (Å²) >= 11 is 0. The van der Waals surface area contributed by atoms with E-state index < -0.39 is 0 Å². The summed E-state index contributed by atoms with van der Waals surface area (Å²) < 4.78 is 11.1. The summed E-state index contributed by atoms with van der Waals surface area (Å²) in [6.45, 7) is 4.02. The quantitative estimate of drug-likeness (QED) is 0.358. The molecule has 142 valence electrons. The Labute approximate surface area is 157 Å². The fraction of sp³-hybridized carbons (Fsp3) is 0.500. The molecule has 0 spiro atoms. The van der Waals surface area contributed by atoms with E-state index in [4.69, 9.17) is 9.47 Å². The second-order valence-electron chi connectivity index (χ2n) is 6.51. The maximum absolute atomic E-state index is 11.8. The van der Waals surface area contributed by atoms with Crippen LogP contribution in [0.4, 0.5) is 0 Å². The van der Waals surface area contributed by atoms with Crippen LogP contribution < -0.4 is 14.8 Å². The molecule has 1 aromatic carbocycles. The van der Waals surface area contributed by atoms with Gasteiger partial charge in [-0.25, -0.2) is 0 Å². The van der Waals surface area contributed by atoms with Crippen LogP contribution in [0, 0.1) is 0 Å². The molecule has 4 nitrogen and oxygen atoms in total. The van der Waals surface area contributed by atoms with E-state index in [2.05, 4.69) is 18.3 Å². The minimum atomic E-state index is -0.0601. The zero-order valence-corrected chi connectivity index (χ0v) is 15.8. The van der Waals surface area contributed by atoms with Gasteiger partial charge in [0.2, 0.25) is 5.91 Å². The van der Waals surface area contributed by atoms with E-state index in [-0.39, 0.29) is 5.91 Å². The molecule has 0 atom stereocenters. The lowest BCUT2D eigenvalue weighted by Gasteiger charge is -2.18. The average molecular weight is 357 g/mol. The molecule has 0 saturated carbocycles. The van der Waals surface area contributed by atoms with Crippen molar-refractivity contribution in [2.45, 2.75) is 51.9 Å². The Bertz CT molecular complexity index is 607. The highest BCUT2D eigenvalue weighted by Crippen LogP contribution is 2.30. The number of amides is 1. The predicted molar refractivity (Wildman–Crippen MR) is 106 cm³/mol. The topological polar surface area (TPSA) is 47.6 Å². The van der Waals surface area contributed by atoms with Gasteiger partial charge in [-0.1, -0.05) is 56.9 Å². The van der Waals surface area contributed by atoms with Crippen molar-refractivity contribution in [2.75, 3.05) is 19.8 Å². The van der Waals surface area contributed by atoms with E-state index >= 15 is 0 Å². The number of nitrogens with one attached hydrogen (secondary N) is 1. The maximum Gasteiger partial charge on any atom is 0.243 e. The molecule has 4 heteroatoms. The fourth-order valence-electron chi connectivity index (χ4n) is 2.82. The molecular formula is C22H31NO3. The molecule has 0 aromatic heterocycles. The first-order valence-electron chi connectivity index (χ1n) is 9.79. The zero-order valence-electron chi connectivity index (χ0n) is 15.8. The second kappa shape index (κ2) is 12.2. The van der Waals surface area contributed by atoms with Gasteiger partial charge in [0.25, 0.3) is 0 Å². The van der Waals surface area contributed by atoms with Gasteiger partial charge in [-0.15, -0.1) is 0 Å². The smallest absolute Gasteiger partial charge is 0.243 e. The largest absolute Gasteiger partial charge is 0.486 e. The Kier molecular flexibility index (Phi) is 9.41. The molecule has 1 amide bonds. The van der Waals surface area contributed by atoms with Crippen LogP contribution in [-0.2, 0) is 11.2 Å². The van der Waals surface area contributed by atoms with E-state index in [1.807, 2.05) is 30.4 Å². The summed E-state index contributed by atoms with van der Waals surface area (Å²) in [6.07, 6.45) is 15.8. The van der Waals surface area contributed by atoms with Gasteiger partial charge in [-0.2, -0.15) is 0 Å². The third kappa shape index (κ3) is 7.77. The molecule has 0 bridgehead atoms. The van der Waals surface area contributed by atoms with E-state index in [9.17, 15) is 4.79 Å². The molecule has 0 aliphatic carbocycles. The van der Waals surface area contributed by atoms with Crippen LogP contribution in [0.5, 0.6) is 11.5 Å². The van der Waals surface area contributed by atoms with Crippen molar-refractivity contribution in [3.63, 3.8) is 0 Å². The van der Waals surface area contributed by atoms with E-state index in [1.165, 1.54) is 32.1 Å². The van der Waals surface area contributed by atoms with Crippen molar-refractivity contribution < 1.29 is 14.3 Å². The summed E-state index contributed by atoms with van der Waals surface area (Å²) in [7, 11) is 0. The summed E-state index contributed by atoms with van der Waals surface area (Å²) in [5.74, 6) is 1.53. The maximum atomic E-state index is 11.8. The van der Waals surface area contributed by atoms with Crippen LogP contribution in [-0.4, -0.2) is 25.7 Å².